The van der Waals surface area contributed by atoms with E-state index in [0.717, 1.165) is 17.0 Å². The van der Waals surface area contributed by atoms with Gasteiger partial charge in [-0.15, -0.1) is 0 Å². The van der Waals surface area contributed by atoms with E-state index in [4.69, 9.17) is 22.1 Å². The first-order valence-electron chi connectivity index (χ1n) is 11.3. The maximum absolute atomic E-state index is 15.2. The number of carbonyl (C=O) groups is 1. The average molecular weight is 572 g/mol. The van der Waals surface area contributed by atoms with E-state index in [1.165, 1.54) is 48.7 Å². The molecule has 0 radical (unpaired) electrons. The van der Waals surface area contributed by atoms with E-state index in [2.05, 4.69) is 14.8 Å². The summed E-state index contributed by atoms with van der Waals surface area (Å²) in [6.45, 7) is 1.60. The Labute approximate surface area is 226 Å². The second-order valence-electron chi connectivity index (χ2n) is 8.76. The molecule has 0 atom stereocenters. The highest BCUT2D eigenvalue weighted by atomic mass is 35.5. The van der Waals surface area contributed by atoms with E-state index in [9.17, 15) is 17.6 Å². The molecule has 0 fully saturated rings. The monoisotopic (exact) mass is 571 g/mol. The standard InChI is InChI=1S/C26H20ClF2N5O4S/c1-13-7-15(38-23-6-4-3-5-18(23)28)10-19(29)24(13)34-26(30)16(12-31-34)25(35)22-9-14-8-21(33-39(2,36)37)17(27)11-20(14)32-22/h3-12,32-33H,30H2,1-2H3. The summed E-state index contributed by atoms with van der Waals surface area (Å²) in [7, 11) is -3.57. The molecular formula is C26H20ClF2N5O4S. The number of hydrogen-bond acceptors (Lipinski definition) is 6. The highest BCUT2D eigenvalue weighted by Gasteiger charge is 2.23. The smallest absolute Gasteiger partial charge is 0.229 e. The molecule has 5 aromatic rings. The molecule has 0 aliphatic heterocycles. The van der Waals surface area contributed by atoms with E-state index in [1.54, 1.807) is 13.0 Å². The van der Waals surface area contributed by atoms with E-state index in [1.807, 2.05) is 0 Å². The number of sulfonamides is 1. The van der Waals surface area contributed by atoms with Crippen LogP contribution in [-0.4, -0.2) is 35.2 Å². The molecule has 0 saturated heterocycles. The van der Waals surface area contributed by atoms with Gasteiger partial charge in [0, 0.05) is 17.0 Å². The number of aromatic amines is 1. The summed E-state index contributed by atoms with van der Waals surface area (Å²) in [6.07, 6.45) is 2.21. The predicted molar refractivity (Wildman–Crippen MR) is 144 cm³/mol. The lowest BCUT2D eigenvalue weighted by molar-refractivity contribution is 0.103. The largest absolute Gasteiger partial charge is 0.454 e. The summed E-state index contributed by atoms with van der Waals surface area (Å²) >= 11 is 6.18. The van der Waals surface area contributed by atoms with Crippen molar-refractivity contribution in [2.75, 3.05) is 16.7 Å². The summed E-state index contributed by atoms with van der Waals surface area (Å²) in [4.78, 5) is 16.2. The number of nitrogen functional groups attached to an aromatic ring is 1. The van der Waals surface area contributed by atoms with Crippen molar-refractivity contribution in [3.63, 3.8) is 0 Å². The van der Waals surface area contributed by atoms with Gasteiger partial charge in [0.25, 0.3) is 0 Å². The third kappa shape index (κ3) is 5.16. The summed E-state index contributed by atoms with van der Waals surface area (Å²) in [5, 5.41) is 4.78. The molecule has 0 spiro atoms. The van der Waals surface area contributed by atoms with Crippen LogP contribution in [0.4, 0.5) is 20.3 Å². The zero-order valence-electron chi connectivity index (χ0n) is 20.4. The van der Waals surface area contributed by atoms with E-state index in [0.29, 0.717) is 16.5 Å². The number of ether oxygens (including phenoxy) is 1. The van der Waals surface area contributed by atoms with Crippen LogP contribution in [0, 0.1) is 18.6 Å². The lowest BCUT2D eigenvalue weighted by atomic mass is 10.1. The van der Waals surface area contributed by atoms with Gasteiger partial charge in [0.1, 0.15) is 17.3 Å². The molecule has 200 valence electrons. The quantitative estimate of drug-likeness (QED) is 0.219. The third-order valence-electron chi connectivity index (χ3n) is 5.80. The molecule has 9 nitrogen and oxygen atoms in total. The number of para-hydroxylation sites is 1. The maximum Gasteiger partial charge on any atom is 0.229 e. The Kier molecular flexibility index (Phi) is 6.52. The van der Waals surface area contributed by atoms with Crippen LogP contribution < -0.4 is 15.2 Å². The van der Waals surface area contributed by atoms with Crippen LogP contribution in [0.5, 0.6) is 11.5 Å². The van der Waals surface area contributed by atoms with Crippen molar-refractivity contribution in [2.45, 2.75) is 6.92 Å². The van der Waals surface area contributed by atoms with E-state index >= 15 is 4.39 Å². The molecule has 0 unspecified atom stereocenters. The van der Waals surface area contributed by atoms with Gasteiger partial charge in [-0.1, -0.05) is 23.7 Å². The van der Waals surface area contributed by atoms with Gasteiger partial charge in [-0.3, -0.25) is 9.52 Å². The number of aromatic nitrogens is 3. The number of anilines is 2. The molecule has 5 rings (SSSR count). The van der Waals surface area contributed by atoms with Crippen molar-refractivity contribution in [3.05, 3.63) is 94.3 Å². The number of ketones is 1. The van der Waals surface area contributed by atoms with Crippen LogP contribution >= 0.6 is 11.6 Å². The number of carbonyl (C=O) groups excluding carboxylic acids is 1. The molecule has 2 aromatic heterocycles. The molecule has 0 aliphatic carbocycles. The Hall–Kier alpha value is -4.42. The maximum atomic E-state index is 15.2. The number of benzene rings is 3. The summed E-state index contributed by atoms with van der Waals surface area (Å²) < 4.78 is 61.3. The minimum atomic E-state index is -3.57. The lowest BCUT2D eigenvalue weighted by Gasteiger charge is -2.13. The zero-order valence-corrected chi connectivity index (χ0v) is 22.0. The minimum absolute atomic E-state index is 0.00706. The molecule has 0 saturated carbocycles. The average Bonchev–Trinajstić information content (AvgIpc) is 3.42. The molecule has 2 heterocycles. The van der Waals surface area contributed by atoms with Gasteiger partial charge in [-0.25, -0.2) is 21.9 Å². The lowest BCUT2D eigenvalue weighted by Crippen LogP contribution is -2.10. The van der Waals surface area contributed by atoms with Crippen molar-refractivity contribution in [1.29, 1.82) is 0 Å². The number of nitrogens with two attached hydrogens (primary N) is 1. The van der Waals surface area contributed by atoms with E-state index < -0.39 is 27.4 Å². The Morgan fingerprint density at radius 2 is 1.87 bits per heavy atom. The van der Waals surface area contributed by atoms with Crippen LogP contribution in [0.15, 0.2) is 60.8 Å². The minimum Gasteiger partial charge on any atom is -0.454 e. The predicted octanol–water partition coefficient (Wildman–Crippen LogP) is 5.57. The summed E-state index contributed by atoms with van der Waals surface area (Å²) in [5.41, 5.74) is 7.38. The normalized spacial score (nSPS) is 11.6. The Balaban J connectivity index is 1.46. The Morgan fingerprint density at radius 3 is 2.56 bits per heavy atom. The number of halogens is 3. The number of H-pyrrole nitrogens is 1. The van der Waals surface area contributed by atoms with Crippen molar-refractivity contribution < 1.29 is 26.7 Å². The Bertz CT molecular complexity index is 1860. The molecule has 4 N–H and O–H groups in total. The third-order valence-corrected chi connectivity index (χ3v) is 6.71. The fourth-order valence-corrected chi connectivity index (χ4v) is 4.93. The zero-order chi connectivity index (χ0) is 28.1. The first-order chi connectivity index (χ1) is 18.4. The number of nitrogens with one attached hydrogen (secondary N) is 2. The molecule has 0 amide bonds. The van der Waals surface area contributed by atoms with Gasteiger partial charge in [0.15, 0.2) is 17.4 Å². The van der Waals surface area contributed by atoms with Crippen molar-refractivity contribution in [3.8, 4) is 17.2 Å². The molecule has 13 heteroatoms. The number of rotatable bonds is 7. The highest BCUT2D eigenvalue weighted by molar-refractivity contribution is 7.92. The Morgan fingerprint density at radius 1 is 1.13 bits per heavy atom. The molecule has 0 bridgehead atoms. The van der Waals surface area contributed by atoms with Crippen molar-refractivity contribution in [2.24, 2.45) is 0 Å². The van der Waals surface area contributed by atoms with Gasteiger partial charge in [-0.2, -0.15) is 5.10 Å². The first-order valence-corrected chi connectivity index (χ1v) is 13.6. The summed E-state index contributed by atoms with van der Waals surface area (Å²) in [5.74, 6) is -1.97. The molecule has 0 aliphatic rings. The second-order valence-corrected chi connectivity index (χ2v) is 10.9. The van der Waals surface area contributed by atoms with Gasteiger partial charge >= 0.3 is 0 Å². The van der Waals surface area contributed by atoms with Crippen molar-refractivity contribution >= 4 is 49.8 Å². The topological polar surface area (TPSA) is 132 Å². The van der Waals surface area contributed by atoms with Crippen LogP contribution in [0.25, 0.3) is 16.6 Å². The number of aryl methyl sites for hydroxylation is 1. The number of fused-ring (bicyclic) bond motifs is 1. The molecule has 39 heavy (non-hydrogen) atoms. The van der Waals surface area contributed by atoms with Gasteiger partial charge in [0.05, 0.1) is 34.4 Å². The summed E-state index contributed by atoms with van der Waals surface area (Å²) in [6, 6.07) is 12.8. The van der Waals surface area contributed by atoms with Gasteiger partial charge in [-0.05, 0) is 48.9 Å². The SMILES string of the molecule is Cc1cc(Oc2ccccc2F)cc(F)c1-n1ncc(C(=O)c2cc3cc(NS(C)(=O)=O)c(Cl)cc3[nH]2)c1N. The van der Waals surface area contributed by atoms with Crippen LogP contribution in [-0.2, 0) is 10.0 Å². The molecule has 3 aromatic carbocycles. The number of hydrogen-bond donors (Lipinski definition) is 3. The van der Waals surface area contributed by atoms with Crippen LogP contribution in [0.3, 0.4) is 0 Å². The number of nitrogens with zero attached hydrogens (tertiary/aromatic N) is 2. The van der Waals surface area contributed by atoms with E-state index in [-0.39, 0.29) is 45.0 Å². The van der Waals surface area contributed by atoms with Crippen LogP contribution in [0.2, 0.25) is 5.02 Å². The highest BCUT2D eigenvalue weighted by Crippen LogP contribution is 2.33. The van der Waals surface area contributed by atoms with Crippen LogP contribution in [0.1, 0.15) is 21.6 Å². The fourth-order valence-electron chi connectivity index (χ4n) is 4.10. The van der Waals surface area contributed by atoms with Gasteiger partial charge < -0.3 is 15.5 Å². The fraction of sp³-hybridized carbons (Fsp3) is 0.0769. The first kappa shape index (κ1) is 26.2. The molecular weight excluding hydrogens is 552 g/mol. The van der Waals surface area contributed by atoms with Gasteiger partial charge in [0.2, 0.25) is 15.8 Å². The van der Waals surface area contributed by atoms with Crippen molar-refractivity contribution in [1.82, 2.24) is 14.8 Å². The second kappa shape index (κ2) is 9.71.